The second-order valence-corrected chi connectivity index (χ2v) is 6.58. The van der Waals surface area contributed by atoms with Crippen molar-refractivity contribution < 1.29 is 5.11 Å². The van der Waals surface area contributed by atoms with E-state index in [1.54, 1.807) is 6.07 Å². The van der Waals surface area contributed by atoms with Crippen LogP contribution in [-0.4, -0.2) is 11.1 Å². The van der Waals surface area contributed by atoms with E-state index in [-0.39, 0.29) is 0 Å². The molecule has 0 aliphatic heterocycles. The maximum atomic E-state index is 9.96. The third-order valence-corrected chi connectivity index (χ3v) is 4.88. The molecular weight excluding hydrogens is 265 g/mol. The molecule has 0 aliphatic carbocycles. The SMILES string of the molecule is Cc1cccc(CNC(C)C)c1Pc1ccccc1O. The van der Waals surface area contributed by atoms with E-state index >= 15 is 0 Å². The zero-order chi connectivity index (χ0) is 14.5. The van der Waals surface area contributed by atoms with Crippen LogP contribution in [0.15, 0.2) is 42.5 Å². The fourth-order valence-corrected chi connectivity index (χ4v) is 3.36. The fraction of sp³-hybridized carbons (Fsp3) is 0.294. The van der Waals surface area contributed by atoms with Crippen molar-refractivity contribution in [3.05, 3.63) is 53.6 Å². The lowest BCUT2D eigenvalue weighted by Crippen LogP contribution is -2.25. The average Bonchev–Trinajstić information content (AvgIpc) is 2.41. The van der Waals surface area contributed by atoms with Gasteiger partial charge in [0, 0.05) is 17.9 Å². The third-order valence-electron chi connectivity index (χ3n) is 3.22. The molecule has 0 aliphatic rings. The van der Waals surface area contributed by atoms with Gasteiger partial charge in [-0.2, -0.15) is 0 Å². The van der Waals surface area contributed by atoms with Crippen LogP contribution in [0.5, 0.6) is 5.75 Å². The predicted molar refractivity (Wildman–Crippen MR) is 88.8 cm³/mol. The molecule has 3 heteroatoms. The zero-order valence-corrected chi connectivity index (χ0v) is 13.3. The number of hydrogen-bond acceptors (Lipinski definition) is 2. The number of phenolic OH excluding ortho intramolecular Hbond substituents is 1. The van der Waals surface area contributed by atoms with Crippen LogP contribution in [0.4, 0.5) is 0 Å². The molecule has 2 aromatic rings. The lowest BCUT2D eigenvalue weighted by molar-refractivity contribution is 0.480. The molecule has 0 saturated carbocycles. The Morgan fingerprint density at radius 1 is 1.10 bits per heavy atom. The molecule has 1 atom stereocenters. The van der Waals surface area contributed by atoms with Gasteiger partial charge >= 0.3 is 0 Å². The Kier molecular flexibility index (Phi) is 5.17. The molecule has 0 spiro atoms. The van der Waals surface area contributed by atoms with Crippen molar-refractivity contribution in [3.63, 3.8) is 0 Å². The first-order chi connectivity index (χ1) is 9.58. The highest BCUT2D eigenvalue weighted by atomic mass is 31.1. The molecule has 0 bridgehead atoms. The Hall–Kier alpha value is -1.37. The Balaban J connectivity index is 2.28. The van der Waals surface area contributed by atoms with Crippen LogP contribution in [0.1, 0.15) is 25.0 Å². The van der Waals surface area contributed by atoms with Crippen molar-refractivity contribution in [3.8, 4) is 5.75 Å². The summed E-state index contributed by atoms with van der Waals surface area (Å²) in [6.45, 7) is 7.32. The molecule has 0 heterocycles. The van der Waals surface area contributed by atoms with Crippen molar-refractivity contribution in [2.24, 2.45) is 0 Å². The maximum absolute atomic E-state index is 9.96. The third kappa shape index (κ3) is 3.82. The number of hydrogen-bond donors (Lipinski definition) is 2. The molecule has 1 unspecified atom stereocenters. The van der Waals surface area contributed by atoms with Crippen LogP contribution >= 0.6 is 8.58 Å². The lowest BCUT2D eigenvalue weighted by atomic mass is 10.1. The van der Waals surface area contributed by atoms with Crippen LogP contribution in [0, 0.1) is 6.92 Å². The number of aromatic hydroxyl groups is 1. The van der Waals surface area contributed by atoms with Gasteiger partial charge in [-0.1, -0.05) is 58.8 Å². The molecule has 2 N–H and O–H groups in total. The Morgan fingerprint density at radius 2 is 1.85 bits per heavy atom. The number of para-hydroxylation sites is 1. The minimum Gasteiger partial charge on any atom is -0.507 e. The average molecular weight is 287 g/mol. The summed E-state index contributed by atoms with van der Waals surface area (Å²) in [5, 5.41) is 15.8. The number of phenols is 1. The van der Waals surface area contributed by atoms with Crippen LogP contribution in [0.3, 0.4) is 0 Å². The molecule has 106 valence electrons. The largest absolute Gasteiger partial charge is 0.507 e. The van der Waals surface area contributed by atoms with Crippen molar-refractivity contribution in [1.29, 1.82) is 0 Å². The van der Waals surface area contributed by atoms with Gasteiger partial charge in [0.2, 0.25) is 0 Å². The molecule has 0 fully saturated rings. The second kappa shape index (κ2) is 6.88. The van der Waals surface area contributed by atoms with Crippen LogP contribution in [0.25, 0.3) is 0 Å². The van der Waals surface area contributed by atoms with E-state index in [1.807, 2.05) is 18.2 Å². The molecule has 0 amide bonds. The minimum atomic E-state index is 0.386. The summed E-state index contributed by atoms with van der Waals surface area (Å²) in [7, 11) is 0.487. The fourth-order valence-electron chi connectivity index (χ4n) is 2.08. The Labute approximate surface area is 123 Å². The summed E-state index contributed by atoms with van der Waals surface area (Å²) < 4.78 is 0. The summed E-state index contributed by atoms with van der Waals surface area (Å²) in [6, 6.07) is 14.5. The number of rotatable bonds is 5. The van der Waals surface area contributed by atoms with Gasteiger partial charge in [-0.25, -0.2) is 0 Å². The van der Waals surface area contributed by atoms with E-state index in [2.05, 4.69) is 44.3 Å². The quantitative estimate of drug-likeness (QED) is 0.829. The topological polar surface area (TPSA) is 32.3 Å². The lowest BCUT2D eigenvalue weighted by Gasteiger charge is -2.15. The van der Waals surface area contributed by atoms with Crippen molar-refractivity contribution in [2.45, 2.75) is 33.4 Å². The summed E-state index contributed by atoms with van der Waals surface area (Å²) >= 11 is 0. The first-order valence-corrected chi connectivity index (χ1v) is 7.95. The monoisotopic (exact) mass is 287 g/mol. The Morgan fingerprint density at radius 3 is 2.55 bits per heavy atom. The standard InChI is InChI=1S/C17H22NOP/c1-12(2)18-11-14-8-6-7-13(3)17(14)20-16-10-5-4-9-15(16)19/h4-10,12,18-20H,11H2,1-3H3. The highest BCUT2D eigenvalue weighted by molar-refractivity contribution is 7.56. The maximum Gasteiger partial charge on any atom is 0.123 e. The van der Waals surface area contributed by atoms with E-state index in [0.29, 0.717) is 20.4 Å². The van der Waals surface area contributed by atoms with Crippen molar-refractivity contribution in [1.82, 2.24) is 5.32 Å². The summed E-state index contributed by atoms with van der Waals surface area (Å²) in [6.07, 6.45) is 0. The van der Waals surface area contributed by atoms with Gasteiger partial charge in [0.15, 0.2) is 0 Å². The highest BCUT2D eigenvalue weighted by Gasteiger charge is 2.09. The van der Waals surface area contributed by atoms with Gasteiger partial charge in [-0.15, -0.1) is 0 Å². The molecule has 0 radical (unpaired) electrons. The second-order valence-electron chi connectivity index (χ2n) is 5.29. The van der Waals surface area contributed by atoms with Gasteiger partial charge < -0.3 is 10.4 Å². The van der Waals surface area contributed by atoms with E-state index in [0.717, 1.165) is 11.8 Å². The van der Waals surface area contributed by atoms with Gasteiger partial charge in [-0.05, 0) is 29.4 Å². The minimum absolute atomic E-state index is 0.386. The van der Waals surface area contributed by atoms with Crippen molar-refractivity contribution >= 4 is 19.2 Å². The number of nitrogens with one attached hydrogen (secondary N) is 1. The van der Waals surface area contributed by atoms with Gasteiger partial charge in [0.25, 0.3) is 0 Å². The van der Waals surface area contributed by atoms with E-state index in [1.165, 1.54) is 16.4 Å². The molecule has 2 aromatic carbocycles. The summed E-state index contributed by atoms with van der Waals surface area (Å²) in [5.41, 5.74) is 2.61. The normalized spacial score (nSPS) is 11.6. The molecule has 2 nitrogen and oxygen atoms in total. The van der Waals surface area contributed by atoms with E-state index in [4.69, 9.17) is 0 Å². The van der Waals surface area contributed by atoms with Crippen LogP contribution in [-0.2, 0) is 6.54 Å². The van der Waals surface area contributed by atoms with Crippen LogP contribution < -0.4 is 15.9 Å². The van der Waals surface area contributed by atoms with Crippen molar-refractivity contribution in [2.75, 3.05) is 0 Å². The number of benzene rings is 2. The zero-order valence-electron chi connectivity index (χ0n) is 12.3. The first-order valence-electron chi connectivity index (χ1n) is 6.95. The summed E-state index contributed by atoms with van der Waals surface area (Å²) in [4.78, 5) is 0. The number of aryl methyl sites for hydroxylation is 1. The van der Waals surface area contributed by atoms with E-state index < -0.39 is 0 Å². The van der Waals surface area contributed by atoms with Gasteiger partial charge in [-0.3, -0.25) is 0 Å². The smallest absolute Gasteiger partial charge is 0.123 e. The van der Waals surface area contributed by atoms with Crippen LogP contribution in [0.2, 0.25) is 0 Å². The highest BCUT2D eigenvalue weighted by Crippen LogP contribution is 2.21. The van der Waals surface area contributed by atoms with Gasteiger partial charge in [0.1, 0.15) is 5.75 Å². The Bertz CT molecular complexity index is 581. The predicted octanol–water partition coefficient (Wildman–Crippen LogP) is 2.83. The molecule has 2 rings (SSSR count). The molecule has 0 aromatic heterocycles. The van der Waals surface area contributed by atoms with Gasteiger partial charge in [0.05, 0.1) is 0 Å². The molecule has 20 heavy (non-hydrogen) atoms. The first kappa shape index (κ1) is 15.0. The molecule has 0 saturated heterocycles. The molecular formula is C17H22NOP. The summed E-state index contributed by atoms with van der Waals surface area (Å²) in [5.74, 6) is 0.386. The van der Waals surface area contributed by atoms with E-state index in [9.17, 15) is 5.11 Å².